The molecule has 0 radical (unpaired) electrons. The van der Waals surface area contributed by atoms with E-state index in [1.807, 2.05) is 38.1 Å². The number of aromatic nitrogens is 1. The van der Waals surface area contributed by atoms with E-state index >= 15 is 0 Å². The number of ether oxygens (including phenoxy) is 1. The summed E-state index contributed by atoms with van der Waals surface area (Å²) < 4.78 is 5.10. The van der Waals surface area contributed by atoms with Gasteiger partial charge in [-0.15, -0.1) is 0 Å². The summed E-state index contributed by atoms with van der Waals surface area (Å²) >= 11 is 0. The molecule has 0 aliphatic heterocycles. The van der Waals surface area contributed by atoms with Crippen LogP contribution in [0.25, 0.3) is 0 Å². The van der Waals surface area contributed by atoms with Crippen LogP contribution in [0.3, 0.4) is 0 Å². The number of aryl methyl sites for hydroxylation is 1. The molecular weight excluding hydrogens is 266 g/mol. The highest BCUT2D eigenvalue weighted by molar-refractivity contribution is 6.00. The number of methoxy groups -OCH3 is 1. The van der Waals surface area contributed by atoms with Crippen molar-refractivity contribution in [2.24, 2.45) is 5.10 Å². The number of nitrogens with one attached hydrogen (secondary N) is 1. The normalized spacial score (nSPS) is 11.1. The van der Waals surface area contributed by atoms with Crippen molar-refractivity contribution in [3.8, 4) is 5.75 Å². The van der Waals surface area contributed by atoms with Gasteiger partial charge in [-0.3, -0.25) is 9.78 Å². The van der Waals surface area contributed by atoms with Gasteiger partial charge in [0.2, 0.25) is 0 Å². The van der Waals surface area contributed by atoms with Crippen LogP contribution in [0.1, 0.15) is 28.5 Å². The number of nitrogens with zero attached hydrogens (tertiary/aromatic N) is 2. The van der Waals surface area contributed by atoms with Gasteiger partial charge in [0.25, 0.3) is 5.91 Å². The van der Waals surface area contributed by atoms with E-state index in [0.29, 0.717) is 11.3 Å². The SMILES string of the molecule is COc1ccc(/C(C)=N\NC(=O)c2ccc(C)nc2)cc1. The molecule has 0 bridgehead atoms. The molecule has 0 atom stereocenters. The Morgan fingerprint density at radius 1 is 1.14 bits per heavy atom. The second-order valence-electron chi connectivity index (χ2n) is 4.55. The van der Waals surface area contributed by atoms with Gasteiger partial charge in [-0.1, -0.05) is 0 Å². The Labute approximate surface area is 123 Å². The van der Waals surface area contributed by atoms with Crippen LogP contribution in [0.2, 0.25) is 0 Å². The lowest BCUT2D eigenvalue weighted by Gasteiger charge is -2.04. The number of hydrogen-bond acceptors (Lipinski definition) is 4. The zero-order chi connectivity index (χ0) is 15.2. The molecule has 0 saturated heterocycles. The number of carbonyl (C=O) groups is 1. The van der Waals surface area contributed by atoms with E-state index in [1.165, 1.54) is 6.20 Å². The van der Waals surface area contributed by atoms with Gasteiger partial charge in [0.05, 0.1) is 18.4 Å². The Kier molecular flexibility index (Phi) is 4.66. The van der Waals surface area contributed by atoms with Crippen LogP contribution in [-0.4, -0.2) is 23.7 Å². The maximum Gasteiger partial charge on any atom is 0.272 e. The number of rotatable bonds is 4. The molecule has 1 aromatic carbocycles. The third-order valence-corrected chi connectivity index (χ3v) is 3.01. The van der Waals surface area contributed by atoms with E-state index in [9.17, 15) is 4.79 Å². The molecule has 0 spiro atoms. The number of hydrogen-bond donors (Lipinski definition) is 1. The summed E-state index contributed by atoms with van der Waals surface area (Å²) in [6.07, 6.45) is 1.53. The van der Waals surface area contributed by atoms with E-state index in [4.69, 9.17) is 4.74 Å². The molecule has 5 heteroatoms. The van der Waals surface area contributed by atoms with Gasteiger partial charge in [-0.25, -0.2) is 5.43 Å². The van der Waals surface area contributed by atoms with Crippen LogP contribution in [0.5, 0.6) is 5.75 Å². The fourth-order valence-corrected chi connectivity index (χ4v) is 1.70. The van der Waals surface area contributed by atoms with E-state index in [-0.39, 0.29) is 5.91 Å². The largest absolute Gasteiger partial charge is 0.497 e. The van der Waals surface area contributed by atoms with Crippen LogP contribution in [0, 0.1) is 6.92 Å². The molecule has 0 unspecified atom stereocenters. The fraction of sp³-hybridized carbons (Fsp3) is 0.188. The molecule has 2 aromatic rings. The van der Waals surface area contributed by atoms with Gasteiger partial charge in [0.15, 0.2) is 0 Å². The van der Waals surface area contributed by atoms with Gasteiger partial charge in [-0.05, 0) is 55.8 Å². The molecule has 1 amide bonds. The van der Waals surface area contributed by atoms with Crippen molar-refractivity contribution >= 4 is 11.6 Å². The van der Waals surface area contributed by atoms with E-state index in [1.54, 1.807) is 19.2 Å². The predicted octanol–water partition coefficient (Wildman–Crippen LogP) is 2.55. The standard InChI is InChI=1S/C16H17N3O2/c1-11-4-5-14(10-17-11)16(20)19-18-12(2)13-6-8-15(21-3)9-7-13/h4-10H,1-3H3,(H,19,20)/b18-12-. The Morgan fingerprint density at radius 2 is 1.81 bits per heavy atom. The van der Waals surface area contributed by atoms with E-state index in [0.717, 1.165) is 17.0 Å². The van der Waals surface area contributed by atoms with Gasteiger partial charge < -0.3 is 4.74 Å². The van der Waals surface area contributed by atoms with Crippen molar-refractivity contribution in [3.05, 3.63) is 59.4 Å². The van der Waals surface area contributed by atoms with E-state index < -0.39 is 0 Å². The third-order valence-electron chi connectivity index (χ3n) is 3.01. The molecule has 2 rings (SSSR count). The summed E-state index contributed by atoms with van der Waals surface area (Å²) in [5.41, 5.74) is 5.50. The second kappa shape index (κ2) is 6.65. The Bertz CT molecular complexity index is 646. The quantitative estimate of drug-likeness (QED) is 0.693. The highest BCUT2D eigenvalue weighted by Gasteiger charge is 2.05. The first-order chi connectivity index (χ1) is 10.1. The minimum absolute atomic E-state index is 0.282. The Morgan fingerprint density at radius 3 is 2.38 bits per heavy atom. The molecule has 1 aromatic heterocycles. The summed E-state index contributed by atoms with van der Waals surface area (Å²) in [5, 5.41) is 4.10. The van der Waals surface area contributed by atoms with Gasteiger partial charge in [-0.2, -0.15) is 5.10 Å². The van der Waals surface area contributed by atoms with Crippen LogP contribution in [0.15, 0.2) is 47.7 Å². The number of pyridine rings is 1. The van der Waals surface area contributed by atoms with Gasteiger partial charge in [0, 0.05) is 11.9 Å². The monoisotopic (exact) mass is 283 g/mol. The summed E-state index contributed by atoms with van der Waals surface area (Å²) in [6.45, 7) is 3.70. The molecule has 0 aliphatic carbocycles. The first-order valence-electron chi connectivity index (χ1n) is 6.52. The first kappa shape index (κ1) is 14.7. The molecule has 1 heterocycles. The van der Waals surface area contributed by atoms with Gasteiger partial charge >= 0.3 is 0 Å². The summed E-state index contributed by atoms with van der Waals surface area (Å²) in [4.78, 5) is 16.0. The average Bonchev–Trinajstić information content (AvgIpc) is 2.53. The Hall–Kier alpha value is -2.69. The lowest BCUT2D eigenvalue weighted by Crippen LogP contribution is -2.19. The number of carbonyl (C=O) groups excluding carboxylic acids is 1. The molecule has 108 valence electrons. The highest BCUT2D eigenvalue weighted by Crippen LogP contribution is 2.11. The van der Waals surface area contributed by atoms with Crippen LogP contribution < -0.4 is 10.2 Å². The number of hydrazone groups is 1. The van der Waals surface area contributed by atoms with Gasteiger partial charge in [0.1, 0.15) is 5.75 Å². The third kappa shape index (κ3) is 3.89. The minimum Gasteiger partial charge on any atom is -0.497 e. The number of benzene rings is 1. The van der Waals surface area contributed by atoms with E-state index in [2.05, 4.69) is 15.5 Å². The smallest absolute Gasteiger partial charge is 0.272 e. The highest BCUT2D eigenvalue weighted by atomic mass is 16.5. The fourth-order valence-electron chi connectivity index (χ4n) is 1.70. The topological polar surface area (TPSA) is 63.6 Å². The maximum absolute atomic E-state index is 11.9. The maximum atomic E-state index is 11.9. The molecule has 0 saturated carbocycles. The Balaban J connectivity index is 2.05. The van der Waals surface area contributed by atoms with Crippen molar-refractivity contribution in [1.29, 1.82) is 0 Å². The number of amides is 1. The van der Waals surface area contributed by atoms with Crippen LogP contribution in [0.4, 0.5) is 0 Å². The summed E-state index contributed by atoms with van der Waals surface area (Å²) in [7, 11) is 1.62. The minimum atomic E-state index is -0.282. The lowest BCUT2D eigenvalue weighted by molar-refractivity contribution is 0.0954. The average molecular weight is 283 g/mol. The van der Waals surface area contributed by atoms with Crippen molar-refractivity contribution in [1.82, 2.24) is 10.4 Å². The molecule has 5 nitrogen and oxygen atoms in total. The second-order valence-corrected chi connectivity index (χ2v) is 4.55. The lowest BCUT2D eigenvalue weighted by atomic mass is 10.1. The molecular formula is C16H17N3O2. The van der Waals surface area contributed by atoms with Crippen LogP contribution in [-0.2, 0) is 0 Å². The van der Waals surface area contributed by atoms with Crippen LogP contribution >= 0.6 is 0 Å². The molecule has 0 aliphatic rings. The predicted molar refractivity (Wildman–Crippen MR) is 81.6 cm³/mol. The van der Waals surface area contributed by atoms with Crippen molar-refractivity contribution in [2.75, 3.05) is 7.11 Å². The molecule has 21 heavy (non-hydrogen) atoms. The zero-order valence-electron chi connectivity index (χ0n) is 12.3. The van der Waals surface area contributed by atoms with Crippen molar-refractivity contribution in [2.45, 2.75) is 13.8 Å². The van der Waals surface area contributed by atoms with Crippen molar-refractivity contribution < 1.29 is 9.53 Å². The molecule has 0 fully saturated rings. The summed E-state index contributed by atoms with van der Waals surface area (Å²) in [5.74, 6) is 0.497. The van der Waals surface area contributed by atoms with Crippen molar-refractivity contribution in [3.63, 3.8) is 0 Å². The summed E-state index contributed by atoms with van der Waals surface area (Å²) in [6, 6.07) is 11.0. The zero-order valence-corrected chi connectivity index (χ0v) is 12.3. The molecule has 1 N–H and O–H groups in total. The first-order valence-corrected chi connectivity index (χ1v) is 6.52.